The minimum atomic E-state index is -0.774. The summed E-state index contributed by atoms with van der Waals surface area (Å²) in [5.41, 5.74) is 0. The predicted molar refractivity (Wildman–Crippen MR) is 363 cm³/mol. The molecule has 0 radical (unpaired) electrons. The summed E-state index contributed by atoms with van der Waals surface area (Å²) in [5, 5.41) is 0. The molecule has 0 spiro atoms. The molecule has 0 bridgehead atoms. The van der Waals surface area contributed by atoms with E-state index < -0.39 is 6.10 Å². The van der Waals surface area contributed by atoms with Crippen molar-refractivity contribution in [3.63, 3.8) is 0 Å². The monoisotopic (exact) mass is 1170 g/mol. The van der Waals surface area contributed by atoms with E-state index in [9.17, 15) is 14.4 Å². The number of unbranched alkanes of at least 4 members (excludes halogenated alkanes) is 56. The van der Waals surface area contributed by atoms with Gasteiger partial charge in [-0.25, -0.2) is 0 Å². The molecular weight excluding hydrogens is 1020 g/mol. The Labute approximate surface area is 519 Å². The van der Waals surface area contributed by atoms with Crippen LogP contribution in [0.4, 0.5) is 0 Å². The van der Waals surface area contributed by atoms with E-state index in [4.69, 9.17) is 14.2 Å². The van der Waals surface area contributed by atoms with Crippen molar-refractivity contribution in [1.82, 2.24) is 0 Å². The highest BCUT2D eigenvalue weighted by Crippen LogP contribution is 2.19. The van der Waals surface area contributed by atoms with Crippen LogP contribution in [0.15, 0.2) is 24.3 Å². The van der Waals surface area contributed by atoms with Gasteiger partial charge in [-0.3, -0.25) is 14.4 Å². The lowest BCUT2D eigenvalue weighted by atomic mass is 10.0. The highest BCUT2D eigenvalue weighted by Gasteiger charge is 2.20. The number of carbonyl (C=O) groups excluding carboxylic acids is 3. The first-order valence-electron chi connectivity index (χ1n) is 37.8. The second-order valence-electron chi connectivity index (χ2n) is 25.9. The Bertz CT molecular complexity index is 1340. The van der Waals surface area contributed by atoms with Gasteiger partial charge in [0.25, 0.3) is 0 Å². The van der Waals surface area contributed by atoms with Crippen LogP contribution in [0.3, 0.4) is 0 Å². The van der Waals surface area contributed by atoms with Gasteiger partial charge in [0.1, 0.15) is 13.2 Å². The molecule has 0 fully saturated rings. The van der Waals surface area contributed by atoms with E-state index in [0.717, 1.165) is 64.2 Å². The smallest absolute Gasteiger partial charge is 0.306 e. The lowest BCUT2D eigenvalue weighted by Gasteiger charge is -2.18. The molecular formula is C77H146O6. The average Bonchev–Trinajstić information content (AvgIpc) is 3.48. The van der Waals surface area contributed by atoms with Crippen molar-refractivity contribution in [3.8, 4) is 0 Å². The summed E-state index contributed by atoms with van der Waals surface area (Å²) >= 11 is 0. The minimum absolute atomic E-state index is 0.0695. The van der Waals surface area contributed by atoms with E-state index in [1.54, 1.807) is 0 Å². The van der Waals surface area contributed by atoms with E-state index >= 15 is 0 Å². The summed E-state index contributed by atoms with van der Waals surface area (Å²) in [5.74, 6) is -0.853. The van der Waals surface area contributed by atoms with Crippen LogP contribution in [0.5, 0.6) is 0 Å². The van der Waals surface area contributed by atoms with Gasteiger partial charge in [-0.05, 0) is 64.2 Å². The number of hydrogen-bond acceptors (Lipinski definition) is 6. The largest absolute Gasteiger partial charge is 0.462 e. The molecule has 0 aliphatic carbocycles. The van der Waals surface area contributed by atoms with E-state index in [2.05, 4.69) is 45.1 Å². The van der Waals surface area contributed by atoms with E-state index in [0.29, 0.717) is 19.3 Å². The molecule has 0 aliphatic heterocycles. The van der Waals surface area contributed by atoms with Crippen molar-refractivity contribution in [2.45, 2.75) is 438 Å². The zero-order valence-corrected chi connectivity index (χ0v) is 56.5. The number of hydrogen-bond donors (Lipinski definition) is 0. The van der Waals surface area contributed by atoms with Crippen LogP contribution in [0.25, 0.3) is 0 Å². The topological polar surface area (TPSA) is 78.9 Å². The Kier molecular flexibility index (Phi) is 70.5. The van der Waals surface area contributed by atoms with Crippen molar-refractivity contribution in [1.29, 1.82) is 0 Å². The summed E-state index contributed by atoms with van der Waals surface area (Å²) in [7, 11) is 0. The molecule has 6 nitrogen and oxygen atoms in total. The highest BCUT2D eigenvalue weighted by atomic mass is 16.6. The van der Waals surface area contributed by atoms with Crippen LogP contribution >= 0.6 is 0 Å². The molecule has 0 N–H and O–H groups in total. The molecule has 0 aliphatic rings. The molecule has 83 heavy (non-hydrogen) atoms. The maximum Gasteiger partial charge on any atom is 0.306 e. The predicted octanol–water partition coefficient (Wildman–Crippen LogP) is 26.1. The maximum absolute atomic E-state index is 12.9. The zero-order chi connectivity index (χ0) is 59.9. The van der Waals surface area contributed by atoms with Crippen molar-refractivity contribution in [2.75, 3.05) is 13.2 Å². The fourth-order valence-electron chi connectivity index (χ4n) is 11.7. The molecule has 0 rings (SSSR count). The van der Waals surface area contributed by atoms with Crippen LogP contribution in [-0.4, -0.2) is 37.2 Å². The standard InChI is InChI=1S/C77H146O6/c1-4-7-10-13-16-19-22-24-26-28-30-31-32-33-34-35-36-37-38-39-40-41-42-43-44-45-47-48-50-52-55-58-61-64-67-70-76(79)82-73-74(72-81-75(78)69-66-63-60-57-54-21-18-15-12-9-6-3)83-77(80)71-68-65-62-59-56-53-51-49-46-29-27-25-23-20-17-14-11-8-5-2/h15,18,25,27,74H,4-14,16-17,19-24,26,28-73H2,1-3H3/b18-15-,27-25-. The van der Waals surface area contributed by atoms with E-state index in [-0.39, 0.29) is 31.1 Å². The lowest BCUT2D eigenvalue weighted by Crippen LogP contribution is -2.30. The summed E-state index contributed by atoms with van der Waals surface area (Å²) in [4.78, 5) is 38.4. The van der Waals surface area contributed by atoms with Gasteiger partial charge < -0.3 is 14.2 Å². The SMILES string of the molecule is CCCC/C=C\CCCCCCCC(=O)OCC(COC(=O)CCCCCCCCCCCCCCCCCCCCCCCCCCCCCCCCCCCCC)OC(=O)CCCCCCCCCCC/C=C\CCCCCCCC. The lowest BCUT2D eigenvalue weighted by molar-refractivity contribution is -0.167. The second-order valence-corrected chi connectivity index (χ2v) is 25.9. The Balaban J connectivity index is 4.02. The number of allylic oxidation sites excluding steroid dienone is 4. The molecule has 0 heterocycles. The van der Waals surface area contributed by atoms with Gasteiger partial charge in [0.2, 0.25) is 0 Å². The van der Waals surface area contributed by atoms with Gasteiger partial charge in [0.05, 0.1) is 0 Å². The molecule has 490 valence electrons. The van der Waals surface area contributed by atoms with Crippen LogP contribution in [0.2, 0.25) is 0 Å². The summed E-state index contributed by atoms with van der Waals surface area (Å²) in [6.07, 6.45) is 89.7. The van der Waals surface area contributed by atoms with Crippen molar-refractivity contribution < 1.29 is 28.6 Å². The summed E-state index contributed by atoms with van der Waals surface area (Å²) < 4.78 is 17.0. The molecule has 0 aromatic carbocycles. The number of esters is 3. The molecule has 0 aromatic rings. The molecule has 0 amide bonds. The number of rotatable bonds is 71. The van der Waals surface area contributed by atoms with Crippen molar-refractivity contribution in [3.05, 3.63) is 24.3 Å². The molecule has 1 atom stereocenters. The average molecular weight is 1170 g/mol. The van der Waals surface area contributed by atoms with Gasteiger partial charge in [-0.2, -0.15) is 0 Å². The fraction of sp³-hybridized carbons (Fsp3) is 0.909. The summed E-state index contributed by atoms with van der Waals surface area (Å²) in [6.45, 7) is 6.67. The van der Waals surface area contributed by atoms with Gasteiger partial charge in [0.15, 0.2) is 6.10 Å². The van der Waals surface area contributed by atoms with Crippen LogP contribution in [0.1, 0.15) is 432 Å². The Morgan fingerprint density at radius 2 is 0.410 bits per heavy atom. The number of ether oxygens (including phenoxy) is 3. The third kappa shape index (κ3) is 70.5. The second kappa shape index (κ2) is 72.4. The normalized spacial score (nSPS) is 12.1. The Morgan fingerprint density at radius 3 is 0.639 bits per heavy atom. The van der Waals surface area contributed by atoms with E-state index in [1.807, 2.05) is 0 Å². The van der Waals surface area contributed by atoms with Crippen LogP contribution < -0.4 is 0 Å². The first-order chi connectivity index (χ1) is 41.0. The summed E-state index contributed by atoms with van der Waals surface area (Å²) in [6, 6.07) is 0. The highest BCUT2D eigenvalue weighted by molar-refractivity contribution is 5.71. The third-order valence-electron chi connectivity index (χ3n) is 17.4. The van der Waals surface area contributed by atoms with Crippen molar-refractivity contribution in [2.24, 2.45) is 0 Å². The van der Waals surface area contributed by atoms with Gasteiger partial charge in [0, 0.05) is 19.3 Å². The number of carbonyl (C=O) groups is 3. The van der Waals surface area contributed by atoms with Gasteiger partial charge >= 0.3 is 17.9 Å². The third-order valence-corrected chi connectivity index (χ3v) is 17.4. The molecule has 0 aromatic heterocycles. The first-order valence-corrected chi connectivity index (χ1v) is 37.8. The quantitative estimate of drug-likeness (QED) is 0.0261. The van der Waals surface area contributed by atoms with Crippen LogP contribution in [0, 0.1) is 0 Å². The maximum atomic E-state index is 12.9. The van der Waals surface area contributed by atoms with Crippen molar-refractivity contribution >= 4 is 17.9 Å². The Morgan fingerprint density at radius 1 is 0.229 bits per heavy atom. The molecule has 6 heteroatoms. The molecule has 0 saturated carbocycles. The van der Waals surface area contributed by atoms with Gasteiger partial charge in [-0.1, -0.05) is 373 Å². The zero-order valence-electron chi connectivity index (χ0n) is 56.5. The van der Waals surface area contributed by atoms with Gasteiger partial charge in [-0.15, -0.1) is 0 Å². The first kappa shape index (κ1) is 80.9. The van der Waals surface area contributed by atoms with E-state index in [1.165, 1.54) is 327 Å². The van der Waals surface area contributed by atoms with Crippen LogP contribution in [-0.2, 0) is 28.6 Å². The molecule has 1 unspecified atom stereocenters. The molecule has 0 saturated heterocycles. The minimum Gasteiger partial charge on any atom is -0.462 e. The Hall–Kier alpha value is -2.11. The fourth-order valence-corrected chi connectivity index (χ4v) is 11.7.